The average molecular weight is 515 g/mol. The second-order valence-electron chi connectivity index (χ2n) is 9.78. The van der Waals surface area contributed by atoms with Gasteiger partial charge in [-0.05, 0) is 49.2 Å². The molecule has 1 unspecified atom stereocenters. The van der Waals surface area contributed by atoms with Gasteiger partial charge in [0, 0.05) is 51.2 Å². The molecule has 3 heterocycles. The molecule has 2 aromatic heterocycles. The largest absolute Gasteiger partial charge is 0.387 e. The Bertz CT molecular complexity index is 1290. The third-order valence-corrected chi connectivity index (χ3v) is 6.91. The number of carbonyl (C=O) groups is 1. The first-order valence-corrected chi connectivity index (χ1v) is 13.0. The van der Waals surface area contributed by atoms with Crippen LogP contribution in [0, 0.1) is 0 Å². The number of hydrogen-bond acceptors (Lipinski definition) is 9. The molecule has 3 aromatic rings. The van der Waals surface area contributed by atoms with Crippen molar-refractivity contribution in [2.45, 2.75) is 25.5 Å². The van der Waals surface area contributed by atoms with Gasteiger partial charge in [-0.15, -0.1) is 6.58 Å². The van der Waals surface area contributed by atoms with Crippen LogP contribution in [-0.4, -0.2) is 75.5 Å². The second-order valence-corrected chi connectivity index (χ2v) is 9.78. The van der Waals surface area contributed by atoms with Crippen molar-refractivity contribution in [3.8, 4) is 0 Å². The number of nitrogens with one attached hydrogen (secondary N) is 3. The van der Waals surface area contributed by atoms with Crippen molar-refractivity contribution in [2.75, 3.05) is 50.4 Å². The summed E-state index contributed by atoms with van der Waals surface area (Å²) in [5.74, 6) is 0.838. The molecule has 1 aliphatic carbocycles. The highest BCUT2D eigenvalue weighted by molar-refractivity contribution is 5.99. The number of fused-ring (bicyclic) bond motifs is 1. The lowest BCUT2D eigenvalue weighted by Crippen LogP contribution is -2.43. The highest BCUT2D eigenvalue weighted by atomic mass is 16.3. The van der Waals surface area contributed by atoms with Gasteiger partial charge in [-0.3, -0.25) is 9.69 Å². The van der Waals surface area contributed by atoms with Crippen molar-refractivity contribution in [3.63, 3.8) is 0 Å². The lowest BCUT2D eigenvalue weighted by Gasteiger charge is -2.32. The summed E-state index contributed by atoms with van der Waals surface area (Å²) in [7, 11) is 2.16. The third-order valence-electron chi connectivity index (χ3n) is 6.91. The molecule has 1 aliphatic heterocycles. The Balaban J connectivity index is 1.32. The monoisotopic (exact) mass is 514 g/mol. The molecule has 10 nitrogen and oxygen atoms in total. The third kappa shape index (κ3) is 6.16. The summed E-state index contributed by atoms with van der Waals surface area (Å²) in [4.78, 5) is 31.1. The van der Waals surface area contributed by atoms with Gasteiger partial charge in [-0.1, -0.05) is 24.3 Å². The summed E-state index contributed by atoms with van der Waals surface area (Å²) in [5, 5.41) is 19.4. The van der Waals surface area contributed by atoms with Crippen LogP contribution in [0.4, 0.5) is 23.3 Å². The highest BCUT2D eigenvalue weighted by Crippen LogP contribution is 2.31. The van der Waals surface area contributed by atoms with Crippen LogP contribution in [-0.2, 0) is 13.0 Å². The summed E-state index contributed by atoms with van der Waals surface area (Å²) in [6.45, 7) is 9.23. The number of hydrogen-bond donors (Lipinski definition) is 4. The number of aryl methyl sites for hydroxylation is 1. The first kappa shape index (κ1) is 25.8. The second kappa shape index (κ2) is 11.7. The molecule has 5 rings (SSSR count). The van der Waals surface area contributed by atoms with Crippen LogP contribution in [0.25, 0.3) is 0 Å². The van der Waals surface area contributed by atoms with Crippen molar-refractivity contribution in [1.29, 1.82) is 0 Å². The average Bonchev–Trinajstić information content (AvgIpc) is 3.30. The molecule has 1 amide bonds. The molecule has 0 spiro atoms. The van der Waals surface area contributed by atoms with Crippen molar-refractivity contribution in [1.82, 2.24) is 30.1 Å². The number of piperazine rings is 1. The van der Waals surface area contributed by atoms with Crippen LogP contribution in [0.1, 0.15) is 39.7 Å². The number of aliphatic hydroxyl groups excluding tert-OH is 1. The molecular weight excluding hydrogens is 480 g/mol. The van der Waals surface area contributed by atoms with Crippen molar-refractivity contribution in [2.24, 2.45) is 0 Å². The van der Waals surface area contributed by atoms with Gasteiger partial charge >= 0.3 is 0 Å². The molecule has 4 N–H and O–H groups in total. The van der Waals surface area contributed by atoms with Crippen molar-refractivity contribution >= 4 is 29.2 Å². The quantitative estimate of drug-likeness (QED) is 0.320. The summed E-state index contributed by atoms with van der Waals surface area (Å²) in [6, 6.07) is 12.0. The molecule has 1 atom stereocenters. The van der Waals surface area contributed by atoms with E-state index in [4.69, 9.17) is 0 Å². The Morgan fingerprint density at radius 1 is 1.11 bits per heavy atom. The molecule has 198 valence electrons. The maximum Gasteiger partial charge on any atom is 0.256 e. The predicted molar refractivity (Wildman–Crippen MR) is 148 cm³/mol. The van der Waals surface area contributed by atoms with Crippen LogP contribution in [0.5, 0.6) is 0 Å². The minimum Gasteiger partial charge on any atom is -0.387 e. The molecule has 1 saturated heterocycles. The smallest absolute Gasteiger partial charge is 0.256 e. The molecule has 10 heteroatoms. The SMILES string of the molecule is C=CCNC(=O)c1cnc(Nc2ccc(CN3CCN(C)CC3)cc2)nc1Nc1ccc2c(n1)C(O)CC2. The first-order chi connectivity index (χ1) is 18.5. The summed E-state index contributed by atoms with van der Waals surface area (Å²) < 4.78 is 0. The minimum absolute atomic E-state index is 0.280. The van der Waals surface area contributed by atoms with E-state index in [1.165, 1.54) is 11.8 Å². The fourth-order valence-corrected chi connectivity index (χ4v) is 4.67. The van der Waals surface area contributed by atoms with E-state index in [1.54, 1.807) is 6.08 Å². The summed E-state index contributed by atoms with van der Waals surface area (Å²) in [5.41, 5.74) is 4.08. The zero-order valence-electron chi connectivity index (χ0n) is 21.7. The predicted octanol–water partition coefficient (Wildman–Crippen LogP) is 3.00. The molecular formula is C28H34N8O2. The van der Waals surface area contributed by atoms with Gasteiger partial charge in [0.05, 0.1) is 11.8 Å². The van der Waals surface area contributed by atoms with Crippen LogP contribution < -0.4 is 16.0 Å². The minimum atomic E-state index is -0.580. The first-order valence-electron chi connectivity index (χ1n) is 13.0. The zero-order valence-corrected chi connectivity index (χ0v) is 21.7. The lowest BCUT2D eigenvalue weighted by atomic mass is 10.2. The number of pyridine rings is 1. The maximum absolute atomic E-state index is 12.8. The van der Waals surface area contributed by atoms with Crippen LogP contribution in [0.3, 0.4) is 0 Å². The van der Waals surface area contributed by atoms with E-state index in [0.717, 1.165) is 50.4 Å². The van der Waals surface area contributed by atoms with Gasteiger partial charge in [0.1, 0.15) is 17.2 Å². The van der Waals surface area contributed by atoms with Gasteiger partial charge in [0.25, 0.3) is 5.91 Å². The van der Waals surface area contributed by atoms with E-state index in [2.05, 4.69) is 66.5 Å². The Kier molecular flexibility index (Phi) is 7.92. The Labute approximate surface area is 222 Å². The Morgan fingerprint density at radius 2 is 1.89 bits per heavy atom. The molecule has 0 saturated carbocycles. The van der Waals surface area contributed by atoms with Gasteiger partial charge < -0.3 is 26.0 Å². The number of aliphatic hydroxyl groups is 1. The number of rotatable bonds is 9. The van der Waals surface area contributed by atoms with Gasteiger partial charge in [-0.2, -0.15) is 4.98 Å². The number of anilines is 4. The van der Waals surface area contributed by atoms with Crippen molar-refractivity contribution in [3.05, 3.63) is 77.6 Å². The lowest BCUT2D eigenvalue weighted by molar-refractivity contribution is 0.0958. The zero-order chi connectivity index (χ0) is 26.5. The van der Waals surface area contributed by atoms with Crippen LogP contribution in [0.15, 0.2) is 55.3 Å². The summed E-state index contributed by atoms with van der Waals surface area (Å²) >= 11 is 0. The Morgan fingerprint density at radius 3 is 2.66 bits per heavy atom. The normalized spacial score (nSPS) is 17.6. The highest BCUT2D eigenvalue weighted by Gasteiger charge is 2.23. The maximum atomic E-state index is 12.8. The van der Waals surface area contributed by atoms with E-state index in [1.807, 2.05) is 24.3 Å². The number of benzene rings is 1. The van der Waals surface area contributed by atoms with E-state index in [9.17, 15) is 9.90 Å². The number of nitrogens with zero attached hydrogens (tertiary/aromatic N) is 5. The number of likely N-dealkylation sites (N-methyl/N-ethyl adjacent to an activating group) is 1. The molecule has 0 bridgehead atoms. The van der Waals surface area contributed by atoms with E-state index in [-0.39, 0.29) is 11.5 Å². The van der Waals surface area contributed by atoms with Gasteiger partial charge in [0.2, 0.25) is 5.95 Å². The number of carbonyl (C=O) groups excluding carboxylic acids is 1. The number of aromatic nitrogens is 3. The van der Waals surface area contributed by atoms with E-state index in [0.29, 0.717) is 36.2 Å². The fourth-order valence-electron chi connectivity index (χ4n) is 4.67. The molecule has 2 aliphatic rings. The van der Waals surface area contributed by atoms with E-state index < -0.39 is 6.10 Å². The molecule has 0 radical (unpaired) electrons. The van der Waals surface area contributed by atoms with Crippen LogP contribution in [0.2, 0.25) is 0 Å². The fraction of sp³-hybridized carbons (Fsp3) is 0.357. The summed E-state index contributed by atoms with van der Waals surface area (Å²) in [6.07, 6.45) is 3.98. The molecule has 1 fully saturated rings. The molecule has 1 aromatic carbocycles. The number of amides is 1. The topological polar surface area (TPSA) is 119 Å². The van der Waals surface area contributed by atoms with Gasteiger partial charge in [-0.25, -0.2) is 9.97 Å². The standard InChI is InChI=1S/C28H34N8O2/c1-3-12-29-27(38)22-17-30-28(34-26(22)33-24-11-7-20-6-10-23(37)25(20)32-24)31-21-8-4-19(5-9-21)18-36-15-13-35(2)14-16-36/h3-5,7-9,11,17,23,37H,1,6,10,12-16,18H2,2H3,(H,29,38)(H2,30,31,32,33,34). The van der Waals surface area contributed by atoms with E-state index >= 15 is 0 Å². The van der Waals surface area contributed by atoms with Gasteiger partial charge in [0.15, 0.2) is 0 Å². The van der Waals surface area contributed by atoms with Crippen molar-refractivity contribution < 1.29 is 9.90 Å². The molecule has 38 heavy (non-hydrogen) atoms. The Hall–Kier alpha value is -3.86. The van der Waals surface area contributed by atoms with Crippen LogP contribution >= 0.6 is 0 Å².